The molecule has 0 amide bonds. The van der Waals surface area contributed by atoms with Crippen molar-refractivity contribution >= 4 is 22.5 Å². The lowest BCUT2D eigenvalue weighted by Crippen LogP contribution is -2.45. The van der Waals surface area contributed by atoms with Crippen molar-refractivity contribution in [2.24, 2.45) is 0 Å². The van der Waals surface area contributed by atoms with Gasteiger partial charge in [0.25, 0.3) is 5.56 Å². The third kappa shape index (κ3) is 4.83. The highest BCUT2D eigenvalue weighted by molar-refractivity contribution is 6.31. The molecule has 2 aromatic carbocycles. The number of H-pyrrole nitrogens is 1. The highest BCUT2D eigenvalue weighted by Gasteiger charge is 2.30. The number of hydrogen-bond acceptors (Lipinski definition) is 4. The van der Waals surface area contributed by atoms with Crippen LogP contribution in [0.4, 0.5) is 13.2 Å². The van der Waals surface area contributed by atoms with Gasteiger partial charge in [0, 0.05) is 37.7 Å². The number of nitrogens with zero attached hydrogens (tertiary/aromatic N) is 3. The Morgan fingerprint density at radius 2 is 1.60 bits per heavy atom. The van der Waals surface area contributed by atoms with Crippen LogP contribution in [0.2, 0.25) is 5.02 Å². The van der Waals surface area contributed by atoms with Crippen molar-refractivity contribution in [2.45, 2.75) is 19.3 Å². The molecule has 1 aliphatic rings. The molecule has 1 N–H and O–H groups in total. The lowest BCUT2D eigenvalue weighted by atomic mass is 10.1. The summed E-state index contributed by atoms with van der Waals surface area (Å²) in [6.07, 6.45) is -4.31. The summed E-state index contributed by atoms with van der Waals surface area (Å²) in [7, 11) is 0. The normalized spacial score (nSPS) is 16.3. The van der Waals surface area contributed by atoms with E-state index < -0.39 is 11.7 Å². The van der Waals surface area contributed by atoms with Gasteiger partial charge in [-0.3, -0.25) is 14.6 Å². The fourth-order valence-electron chi connectivity index (χ4n) is 3.61. The summed E-state index contributed by atoms with van der Waals surface area (Å²) in [5.41, 5.74) is 0.609. The minimum absolute atomic E-state index is 0.187. The number of rotatable bonds is 4. The molecule has 5 nitrogen and oxygen atoms in total. The van der Waals surface area contributed by atoms with E-state index in [1.807, 2.05) is 0 Å². The van der Waals surface area contributed by atoms with Gasteiger partial charge >= 0.3 is 6.18 Å². The number of piperazine rings is 1. The van der Waals surface area contributed by atoms with Crippen molar-refractivity contribution in [1.82, 2.24) is 19.8 Å². The zero-order valence-electron chi connectivity index (χ0n) is 16.0. The molecular formula is C21H20ClF3N4O. The van der Waals surface area contributed by atoms with E-state index >= 15 is 0 Å². The number of aromatic amines is 1. The molecule has 9 heteroatoms. The van der Waals surface area contributed by atoms with Crippen LogP contribution in [0.25, 0.3) is 10.9 Å². The van der Waals surface area contributed by atoms with Crippen LogP contribution < -0.4 is 5.56 Å². The van der Waals surface area contributed by atoms with Crippen molar-refractivity contribution in [3.05, 3.63) is 74.8 Å². The Morgan fingerprint density at radius 1 is 0.967 bits per heavy atom. The average Bonchev–Trinajstić information content (AvgIpc) is 2.69. The molecule has 2 heterocycles. The highest BCUT2D eigenvalue weighted by atomic mass is 35.5. The summed E-state index contributed by atoms with van der Waals surface area (Å²) < 4.78 is 38.0. The topological polar surface area (TPSA) is 52.2 Å². The molecule has 3 aromatic rings. The van der Waals surface area contributed by atoms with Crippen LogP contribution in [0.15, 0.2) is 47.3 Å². The number of hydrogen-bond donors (Lipinski definition) is 1. The molecule has 1 aromatic heterocycles. The molecule has 0 aliphatic carbocycles. The fraction of sp³-hybridized carbons (Fsp3) is 0.333. The van der Waals surface area contributed by atoms with Crippen LogP contribution in [0.1, 0.15) is 17.0 Å². The molecule has 0 bridgehead atoms. The zero-order chi connectivity index (χ0) is 21.3. The summed E-state index contributed by atoms with van der Waals surface area (Å²) in [6, 6.07) is 10.3. The molecule has 0 unspecified atom stereocenters. The predicted octanol–water partition coefficient (Wildman–Crippen LogP) is 3.91. The van der Waals surface area contributed by atoms with Crippen LogP contribution in [0.5, 0.6) is 0 Å². The third-order valence-electron chi connectivity index (χ3n) is 5.24. The predicted molar refractivity (Wildman–Crippen MR) is 109 cm³/mol. The Morgan fingerprint density at radius 3 is 2.23 bits per heavy atom. The van der Waals surface area contributed by atoms with E-state index in [-0.39, 0.29) is 5.56 Å². The summed E-state index contributed by atoms with van der Waals surface area (Å²) in [6.45, 7) is 4.24. The van der Waals surface area contributed by atoms with Crippen LogP contribution in [-0.4, -0.2) is 45.9 Å². The third-order valence-corrected chi connectivity index (χ3v) is 5.48. The maximum atomic E-state index is 12.7. The molecule has 1 aliphatic heterocycles. The smallest absolute Gasteiger partial charge is 0.309 e. The minimum Gasteiger partial charge on any atom is -0.309 e. The Kier molecular flexibility index (Phi) is 5.81. The monoisotopic (exact) mass is 436 g/mol. The minimum atomic E-state index is -4.31. The first-order valence-corrected chi connectivity index (χ1v) is 9.95. The summed E-state index contributed by atoms with van der Waals surface area (Å²) >= 11 is 6.00. The van der Waals surface area contributed by atoms with Gasteiger partial charge in [0.1, 0.15) is 5.82 Å². The molecule has 30 heavy (non-hydrogen) atoms. The van der Waals surface area contributed by atoms with Crippen molar-refractivity contribution < 1.29 is 13.2 Å². The SMILES string of the molecule is O=c1[nH]c(CN2CCN(Cc3ccc(C(F)(F)F)cc3)CC2)nc2cc(Cl)ccc12. The Balaban J connectivity index is 1.35. The lowest BCUT2D eigenvalue weighted by molar-refractivity contribution is -0.137. The molecule has 4 rings (SSSR count). The number of alkyl halides is 3. The molecule has 0 radical (unpaired) electrons. The van der Waals surface area contributed by atoms with Crippen molar-refractivity contribution in [3.8, 4) is 0 Å². The highest BCUT2D eigenvalue weighted by Crippen LogP contribution is 2.29. The van der Waals surface area contributed by atoms with E-state index in [0.717, 1.165) is 43.9 Å². The van der Waals surface area contributed by atoms with Crippen LogP contribution in [-0.2, 0) is 19.3 Å². The van der Waals surface area contributed by atoms with Gasteiger partial charge in [0.05, 0.1) is 23.0 Å². The zero-order valence-corrected chi connectivity index (χ0v) is 16.8. The van der Waals surface area contributed by atoms with Gasteiger partial charge in [0.15, 0.2) is 0 Å². The van der Waals surface area contributed by atoms with E-state index in [0.29, 0.717) is 34.8 Å². The maximum absolute atomic E-state index is 12.7. The summed E-state index contributed by atoms with van der Waals surface area (Å²) in [5, 5.41) is 1.04. The maximum Gasteiger partial charge on any atom is 0.416 e. The average molecular weight is 437 g/mol. The molecule has 1 saturated heterocycles. The van der Waals surface area contributed by atoms with Gasteiger partial charge in [-0.05, 0) is 35.9 Å². The van der Waals surface area contributed by atoms with Crippen LogP contribution >= 0.6 is 11.6 Å². The van der Waals surface area contributed by atoms with Crippen LogP contribution in [0.3, 0.4) is 0 Å². The van der Waals surface area contributed by atoms with Crippen molar-refractivity contribution in [1.29, 1.82) is 0 Å². The molecular weight excluding hydrogens is 417 g/mol. The number of aromatic nitrogens is 2. The second-order valence-electron chi connectivity index (χ2n) is 7.42. The van der Waals surface area contributed by atoms with Crippen molar-refractivity contribution in [3.63, 3.8) is 0 Å². The summed E-state index contributed by atoms with van der Waals surface area (Å²) in [4.78, 5) is 24.0. The standard InChI is InChI=1S/C21H20ClF3N4O/c22-16-5-6-17-18(11-16)26-19(27-20(17)30)13-29-9-7-28(8-10-29)12-14-1-3-15(4-2-14)21(23,24)25/h1-6,11H,7-10,12-13H2,(H,26,27,30). The van der Waals surface area contributed by atoms with E-state index in [4.69, 9.17) is 11.6 Å². The first-order chi connectivity index (χ1) is 14.3. The Labute approximate surface area is 176 Å². The molecule has 1 fully saturated rings. The number of halogens is 4. The van der Waals surface area contributed by atoms with E-state index in [1.54, 1.807) is 18.2 Å². The largest absolute Gasteiger partial charge is 0.416 e. The Hall–Kier alpha value is -2.42. The second-order valence-corrected chi connectivity index (χ2v) is 7.86. The first kappa shape index (κ1) is 20.8. The van der Waals surface area contributed by atoms with Gasteiger partial charge < -0.3 is 4.98 Å². The lowest BCUT2D eigenvalue weighted by Gasteiger charge is -2.34. The van der Waals surface area contributed by atoms with Gasteiger partial charge in [-0.1, -0.05) is 23.7 Å². The van der Waals surface area contributed by atoms with Gasteiger partial charge in [-0.25, -0.2) is 4.98 Å². The molecule has 0 spiro atoms. The quantitative estimate of drug-likeness (QED) is 0.673. The fourth-order valence-corrected chi connectivity index (χ4v) is 3.78. The molecule has 0 saturated carbocycles. The number of benzene rings is 2. The van der Waals surface area contributed by atoms with E-state index in [1.165, 1.54) is 12.1 Å². The molecule has 158 valence electrons. The molecule has 0 atom stereocenters. The van der Waals surface area contributed by atoms with Gasteiger partial charge in [-0.15, -0.1) is 0 Å². The van der Waals surface area contributed by atoms with E-state index in [2.05, 4.69) is 19.8 Å². The van der Waals surface area contributed by atoms with Gasteiger partial charge in [-0.2, -0.15) is 13.2 Å². The Bertz CT molecular complexity index is 1090. The number of nitrogens with one attached hydrogen (secondary N) is 1. The summed E-state index contributed by atoms with van der Waals surface area (Å²) in [5.74, 6) is 0.589. The second kappa shape index (κ2) is 8.37. The number of fused-ring (bicyclic) bond motifs is 1. The van der Waals surface area contributed by atoms with Crippen LogP contribution in [0, 0.1) is 0 Å². The first-order valence-electron chi connectivity index (χ1n) is 9.57. The van der Waals surface area contributed by atoms with E-state index in [9.17, 15) is 18.0 Å². The van der Waals surface area contributed by atoms with Gasteiger partial charge in [0.2, 0.25) is 0 Å². The van der Waals surface area contributed by atoms with Crippen molar-refractivity contribution in [2.75, 3.05) is 26.2 Å².